The van der Waals surface area contributed by atoms with Gasteiger partial charge in [0.15, 0.2) is 0 Å². The molecule has 4 aromatic rings. The van der Waals surface area contributed by atoms with Gasteiger partial charge >= 0.3 is 0 Å². The summed E-state index contributed by atoms with van der Waals surface area (Å²) in [5, 5.41) is 4.52. The zero-order valence-electron chi connectivity index (χ0n) is 27.0. The molecule has 9 nitrogen and oxygen atoms in total. The van der Waals surface area contributed by atoms with Crippen LogP contribution in [0.5, 0.6) is 5.75 Å². The molecule has 0 spiro atoms. The molecule has 2 aliphatic heterocycles. The minimum absolute atomic E-state index is 0.133. The van der Waals surface area contributed by atoms with Gasteiger partial charge in [-0.3, -0.25) is 28.9 Å². The van der Waals surface area contributed by atoms with Crippen LogP contribution in [0.4, 0.5) is 0 Å². The van der Waals surface area contributed by atoms with Crippen molar-refractivity contribution in [1.82, 2.24) is 24.6 Å². The molecule has 1 N–H and O–H groups in total. The number of nitrogens with one attached hydrogen (secondary N) is 1. The molecule has 1 aromatic heterocycles. The van der Waals surface area contributed by atoms with Crippen LogP contribution in [0.2, 0.25) is 0 Å². The summed E-state index contributed by atoms with van der Waals surface area (Å²) in [7, 11) is 1.63. The topological polar surface area (TPSA) is 79.3 Å². The number of aromatic nitrogens is 1. The van der Waals surface area contributed by atoms with Crippen molar-refractivity contribution in [3.63, 3.8) is 0 Å². The highest BCUT2D eigenvalue weighted by Crippen LogP contribution is 2.27. The Bertz CT molecular complexity index is 1660. The molecule has 2 saturated heterocycles. The summed E-state index contributed by atoms with van der Waals surface area (Å²) >= 11 is 0. The second-order valence-electron chi connectivity index (χ2n) is 12.1. The number of nitrogens with zero attached hydrogens (tertiary/aromatic N) is 4. The number of hydrogen-bond acceptors (Lipinski definition) is 7. The Morgan fingerprint density at radius 3 is 2.07 bits per heavy atom. The number of amides is 1. The third kappa shape index (κ3) is 7.18. The Morgan fingerprint density at radius 1 is 0.804 bits per heavy atom. The van der Waals surface area contributed by atoms with Crippen molar-refractivity contribution in [1.29, 1.82) is 0 Å². The number of hydrogen-bond donors (Lipinski definition) is 1. The van der Waals surface area contributed by atoms with Gasteiger partial charge in [0.25, 0.3) is 11.5 Å². The van der Waals surface area contributed by atoms with Crippen molar-refractivity contribution >= 4 is 16.7 Å². The van der Waals surface area contributed by atoms with Crippen molar-refractivity contribution in [2.24, 2.45) is 0 Å². The molecule has 0 radical (unpaired) electrons. The molecular weight excluding hydrogens is 578 g/mol. The van der Waals surface area contributed by atoms with E-state index in [0.29, 0.717) is 40.0 Å². The number of fused-ring (bicyclic) bond motifs is 1. The number of pyridine rings is 1. The second kappa shape index (κ2) is 15.0. The predicted molar refractivity (Wildman–Crippen MR) is 182 cm³/mol. The lowest BCUT2D eigenvalue weighted by molar-refractivity contribution is 0.0296. The number of carbonyl (C=O) groups is 1. The molecule has 9 heteroatoms. The van der Waals surface area contributed by atoms with E-state index in [2.05, 4.69) is 26.9 Å². The fourth-order valence-corrected chi connectivity index (χ4v) is 6.63. The predicted octanol–water partition coefficient (Wildman–Crippen LogP) is 4.33. The van der Waals surface area contributed by atoms with Gasteiger partial charge in [-0.1, -0.05) is 55.5 Å². The number of carbonyl (C=O) groups excluding carboxylic acids is 1. The first-order chi connectivity index (χ1) is 22.6. The zero-order valence-corrected chi connectivity index (χ0v) is 27.0. The van der Waals surface area contributed by atoms with Crippen molar-refractivity contribution < 1.29 is 14.3 Å². The molecule has 6 rings (SSSR count). The molecule has 46 heavy (non-hydrogen) atoms. The van der Waals surface area contributed by atoms with Crippen LogP contribution in [-0.4, -0.2) is 97.9 Å². The number of ether oxygens (including phenoxy) is 2. The second-order valence-corrected chi connectivity index (χ2v) is 12.1. The summed E-state index contributed by atoms with van der Waals surface area (Å²) in [5.74, 6) is 0.535. The fourth-order valence-electron chi connectivity index (χ4n) is 6.63. The van der Waals surface area contributed by atoms with E-state index in [1.54, 1.807) is 11.7 Å². The molecule has 1 amide bonds. The van der Waals surface area contributed by atoms with E-state index in [9.17, 15) is 9.59 Å². The minimum Gasteiger partial charge on any atom is -0.497 e. The van der Waals surface area contributed by atoms with Crippen molar-refractivity contribution in [3.05, 3.63) is 106 Å². The lowest BCUT2D eigenvalue weighted by atomic mass is 9.99. The minimum atomic E-state index is -0.173. The van der Waals surface area contributed by atoms with E-state index < -0.39 is 0 Å². The first-order valence-corrected chi connectivity index (χ1v) is 16.5. The van der Waals surface area contributed by atoms with Crippen molar-refractivity contribution in [2.75, 3.05) is 72.7 Å². The lowest BCUT2D eigenvalue weighted by Crippen LogP contribution is -2.49. The summed E-state index contributed by atoms with van der Waals surface area (Å²) in [6.07, 6.45) is 0.744. The van der Waals surface area contributed by atoms with Gasteiger partial charge in [0.1, 0.15) is 5.75 Å². The summed E-state index contributed by atoms with van der Waals surface area (Å²) in [5.41, 5.74) is 2.89. The maximum absolute atomic E-state index is 14.5. The van der Waals surface area contributed by atoms with Gasteiger partial charge in [-0.25, -0.2) is 0 Å². The summed E-state index contributed by atoms with van der Waals surface area (Å²) in [6.45, 7) is 11.9. The maximum atomic E-state index is 14.5. The van der Waals surface area contributed by atoms with Crippen LogP contribution in [0.1, 0.15) is 41.0 Å². The standard InChI is InChI=1S/C37H45N5O4/c1-3-33(28-9-5-4-6-10-28)38-36(43)35-31-11-7-8-12-32(31)37(44)42(29-13-15-30(45-2)16-14-29)34(35)27-41-21-19-39(20-22-41)17-18-40-23-25-46-26-24-40/h4-16,33H,3,17-27H2,1-2H3,(H,38,43)/t33-/m0/s1. The highest BCUT2D eigenvalue weighted by atomic mass is 16.5. The van der Waals surface area contributed by atoms with Crippen LogP contribution in [0.25, 0.3) is 16.5 Å². The molecule has 3 aromatic carbocycles. The van der Waals surface area contributed by atoms with Gasteiger partial charge in [-0.2, -0.15) is 0 Å². The van der Waals surface area contributed by atoms with Crippen LogP contribution in [0, 0.1) is 0 Å². The SMILES string of the molecule is CC[C@H](NC(=O)c1c(CN2CCN(CCN3CCOCC3)CC2)n(-c2ccc(OC)cc2)c(=O)c2ccccc12)c1ccccc1. The zero-order chi connectivity index (χ0) is 31.9. The first kappa shape index (κ1) is 31.9. The Labute approximate surface area is 271 Å². The van der Waals surface area contributed by atoms with Gasteiger partial charge in [0.05, 0.1) is 37.6 Å². The molecule has 1 atom stereocenters. The normalized spacial score (nSPS) is 17.2. The van der Waals surface area contributed by atoms with E-state index in [-0.39, 0.29) is 17.5 Å². The van der Waals surface area contributed by atoms with Crippen LogP contribution in [0.15, 0.2) is 83.7 Å². The molecule has 3 heterocycles. The van der Waals surface area contributed by atoms with E-state index in [4.69, 9.17) is 9.47 Å². The first-order valence-electron chi connectivity index (χ1n) is 16.5. The number of rotatable bonds is 11. The number of piperazine rings is 1. The van der Waals surface area contributed by atoms with Crippen LogP contribution in [-0.2, 0) is 11.3 Å². The van der Waals surface area contributed by atoms with Crippen LogP contribution < -0.4 is 15.6 Å². The Morgan fingerprint density at radius 2 is 1.41 bits per heavy atom. The highest BCUT2D eigenvalue weighted by Gasteiger charge is 2.27. The smallest absolute Gasteiger partial charge is 0.263 e. The van der Waals surface area contributed by atoms with E-state index in [1.807, 2.05) is 78.9 Å². The van der Waals surface area contributed by atoms with Crippen molar-refractivity contribution in [2.45, 2.75) is 25.9 Å². The average Bonchev–Trinajstić information content (AvgIpc) is 3.11. The fraction of sp³-hybridized carbons (Fsp3) is 0.405. The molecule has 2 aliphatic rings. The third-order valence-corrected chi connectivity index (χ3v) is 9.34. The van der Waals surface area contributed by atoms with Gasteiger partial charge in [0.2, 0.25) is 0 Å². The van der Waals surface area contributed by atoms with Gasteiger partial charge < -0.3 is 14.8 Å². The largest absolute Gasteiger partial charge is 0.497 e. The average molecular weight is 624 g/mol. The van der Waals surface area contributed by atoms with Gasteiger partial charge in [0, 0.05) is 75.4 Å². The van der Waals surface area contributed by atoms with Crippen LogP contribution in [0.3, 0.4) is 0 Å². The number of morpholine rings is 1. The van der Waals surface area contributed by atoms with Gasteiger partial charge in [-0.15, -0.1) is 0 Å². The molecule has 242 valence electrons. The van der Waals surface area contributed by atoms with E-state index >= 15 is 0 Å². The summed E-state index contributed by atoms with van der Waals surface area (Å²) < 4.78 is 12.7. The van der Waals surface area contributed by atoms with E-state index in [1.165, 1.54) is 0 Å². The molecule has 0 bridgehead atoms. The Hall–Kier alpha value is -4.02. The third-order valence-electron chi connectivity index (χ3n) is 9.34. The molecule has 2 fully saturated rings. The molecule has 0 aliphatic carbocycles. The Kier molecular flexibility index (Phi) is 10.4. The summed E-state index contributed by atoms with van der Waals surface area (Å²) in [4.78, 5) is 36.1. The number of methoxy groups -OCH3 is 1. The van der Waals surface area contributed by atoms with Crippen molar-refractivity contribution in [3.8, 4) is 11.4 Å². The molecule has 0 unspecified atom stereocenters. The van der Waals surface area contributed by atoms with Gasteiger partial charge in [-0.05, 0) is 42.3 Å². The Balaban J connectivity index is 1.35. The molecule has 0 saturated carbocycles. The maximum Gasteiger partial charge on any atom is 0.263 e. The lowest BCUT2D eigenvalue weighted by Gasteiger charge is -2.37. The highest BCUT2D eigenvalue weighted by molar-refractivity contribution is 6.08. The number of benzene rings is 3. The molecular formula is C37H45N5O4. The monoisotopic (exact) mass is 623 g/mol. The summed E-state index contributed by atoms with van der Waals surface area (Å²) in [6, 6.07) is 24.9. The quantitative estimate of drug-likeness (QED) is 0.267. The van der Waals surface area contributed by atoms with E-state index in [0.717, 1.165) is 77.6 Å². The van der Waals surface area contributed by atoms with Crippen LogP contribution >= 0.6 is 0 Å².